The molecular formula is C14H10ClFN2O3. The Hall–Kier alpha value is -2.47. The number of hydrogen-bond acceptors (Lipinski definition) is 3. The summed E-state index contributed by atoms with van der Waals surface area (Å²) >= 11 is 5.94. The Balaban J connectivity index is 2.08. The predicted molar refractivity (Wildman–Crippen MR) is 76.8 cm³/mol. The predicted octanol–water partition coefficient (Wildman–Crippen LogP) is 3.57. The van der Waals surface area contributed by atoms with E-state index in [1.807, 2.05) is 0 Å². The number of nitrogens with zero attached hydrogens (tertiary/aromatic N) is 1. The molecule has 7 heteroatoms. The van der Waals surface area contributed by atoms with E-state index < -0.39 is 22.3 Å². The van der Waals surface area contributed by atoms with Gasteiger partial charge in [-0.15, -0.1) is 0 Å². The molecule has 1 N–H and O–H groups in total. The van der Waals surface area contributed by atoms with Gasteiger partial charge in [-0.3, -0.25) is 14.9 Å². The molecule has 2 aromatic carbocycles. The Kier molecular flexibility index (Phi) is 4.49. The molecule has 21 heavy (non-hydrogen) atoms. The standard InChI is InChI=1S/C14H10ClFN2O3/c15-11-4-2-1-3-9(11)7-14(19)17-10-5-6-13(18(20)21)12(16)8-10/h1-6,8H,7H2,(H,17,19). The van der Waals surface area contributed by atoms with E-state index in [0.717, 1.165) is 12.1 Å². The second-order valence-corrected chi connectivity index (χ2v) is 4.65. The Bertz CT molecular complexity index is 706. The second-order valence-electron chi connectivity index (χ2n) is 4.24. The minimum absolute atomic E-state index is 0.0261. The largest absolute Gasteiger partial charge is 0.326 e. The fraction of sp³-hybridized carbons (Fsp3) is 0.0714. The zero-order valence-corrected chi connectivity index (χ0v) is 11.4. The summed E-state index contributed by atoms with van der Waals surface area (Å²) in [7, 11) is 0. The van der Waals surface area contributed by atoms with Gasteiger partial charge in [-0.25, -0.2) is 0 Å². The first-order chi connectivity index (χ1) is 9.97. The topological polar surface area (TPSA) is 72.2 Å². The van der Waals surface area contributed by atoms with E-state index in [9.17, 15) is 19.3 Å². The number of nitro benzene ring substituents is 1. The van der Waals surface area contributed by atoms with Crippen LogP contribution in [0.3, 0.4) is 0 Å². The van der Waals surface area contributed by atoms with Crippen LogP contribution in [0.1, 0.15) is 5.56 Å². The van der Waals surface area contributed by atoms with Crippen LogP contribution < -0.4 is 5.32 Å². The van der Waals surface area contributed by atoms with Crippen LogP contribution in [0.15, 0.2) is 42.5 Å². The third kappa shape index (κ3) is 3.76. The molecule has 0 saturated carbocycles. The normalized spacial score (nSPS) is 10.2. The van der Waals surface area contributed by atoms with E-state index in [-0.39, 0.29) is 12.1 Å². The number of nitro groups is 1. The zero-order valence-electron chi connectivity index (χ0n) is 10.7. The summed E-state index contributed by atoms with van der Waals surface area (Å²) in [6.45, 7) is 0. The molecule has 0 aliphatic carbocycles. The van der Waals surface area contributed by atoms with E-state index in [1.54, 1.807) is 24.3 Å². The summed E-state index contributed by atoms with van der Waals surface area (Å²) in [6.07, 6.45) is 0.0261. The van der Waals surface area contributed by atoms with Gasteiger partial charge in [0, 0.05) is 22.8 Å². The number of carbonyl (C=O) groups excluding carboxylic acids is 1. The molecule has 2 aromatic rings. The summed E-state index contributed by atoms with van der Waals surface area (Å²) in [6, 6.07) is 10.0. The lowest BCUT2D eigenvalue weighted by molar-refractivity contribution is -0.387. The molecular weight excluding hydrogens is 299 g/mol. The lowest BCUT2D eigenvalue weighted by Crippen LogP contribution is -2.14. The van der Waals surface area contributed by atoms with Crippen LogP contribution in [-0.4, -0.2) is 10.8 Å². The Morgan fingerprint density at radius 2 is 2.00 bits per heavy atom. The molecule has 0 fully saturated rings. The maximum atomic E-state index is 13.4. The van der Waals surface area contributed by atoms with Crippen molar-refractivity contribution in [3.63, 3.8) is 0 Å². The molecule has 108 valence electrons. The molecule has 0 spiro atoms. The van der Waals surface area contributed by atoms with Crippen molar-refractivity contribution in [2.75, 3.05) is 5.32 Å². The van der Waals surface area contributed by atoms with Crippen molar-refractivity contribution in [1.82, 2.24) is 0 Å². The van der Waals surface area contributed by atoms with Gasteiger partial charge in [0.1, 0.15) is 0 Å². The van der Waals surface area contributed by atoms with Crippen LogP contribution in [-0.2, 0) is 11.2 Å². The van der Waals surface area contributed by atoms with E-state index in [1.165, 1.54) is 6.07 Å². The third-order valence-corrected chi connectivity index (χ3v) is 3.11. The summed E-state index contributed by atoms with van der Waals surface area (Å²) in [5, 5.41) is 13.4. The van der Waals surface area contributed by atoms with Gasteiger partial charge in [0.25, 0.3) is 0 Å². The molecule has 0 heterocycles. The number of carbonyl (C=O) groups is 1. The Morgan fingerprint density at radius 1 is 1.29 bits per heavy atom. The monoisotopic (exact) mass is 308 g/mol. The zero-order chi connectivity index (χ0) is 15.4. The molecule has 1 amide bonds. The van der Waals surface area contributed by atoms with Gasteiger partial charge < -0.3 is 5.32 Å². The van der Waals surface area contributed by atoms with Crippen molar-refractivity contribution in [2.24, 2.45) is 0 Å². The highest BCUT2D eigenvalue weighted by atomic mass is 35.5. The first-order valence-corrected chi connectivity index (χ1v) is 6.32. The number of hydrogen-bond donors (Lipinski definition) is 1. The van der Waals surface area contributed by atoms with Crippen LogP contribution in [0.5, 0.6) is 0 Å². The average molecular weight is 309 g/mol. The van der Waals surface area contributed by atoms with Gasteiger partial charge in [0.2, 0.25) is 11.7 Å². The highest BCUT2D eigenvalue weighted by molar-refractivity contribution is 6.31. The highest BCUT2D eigenvalue weighted by Crippen LogP contribution is 2.21. The van der Waals surface area contributed by atoms with E-state index in [0.29, 0.717) is 10.6 Å². The Labute approximate surface area is 124 Å². The fourth-order valence-electron chi connectivity index (χ4n) is 1.75. The molecule has 0 aliphatic rings. The van der Waals surface area contributed by atoms with E-state index in [2.05, 4.69) is 5.32 Å². The summed E-state index contributed by atoms with van der Waals surface area (Å²) in [5.74, 6) is -1.40. The SMILES string of the molecule is O=C(Cc1ccccc1Cl)Nc1ccc([N+](=O)[O-])c(F)c1. The van der Waals surface area contributed by atoms with Crippen molar-refractivity contribution in [3.8, 4) is 0 Å². The van der Waals surface area contributed by atoms with Crippen LogP contribution in [0.4, 0.5) is 15.8 Å². The first kappa shape index (κ1) is 14.9. The van der Waals surface area contributed by atoms with Crippen LogP contribution >= 0.6 is 11.6 Å². The maximum Gasteiger partial charge on any atom is 0.304 e. The van der Waals surface area contributed by atoms with E-state index >= 15 is 0 Å². The number of anilines is 1. The number of rotatable bonds is 4. The highest BCUT2D eigenvalue weighted by Gasteiger charge is 2.15. The molecule has 2 rings (SSSR count). The molecule has 0 radical (unpaired) electrons. The fourth-order valence-corrected chi connectivity index (χ4v) is 1.96. The van der Waals surface area contributed by atoms with E-state index in [4.69, 9.17) is 11.6 Å². The number of benzene rings is 2. The lowest BCUT2D eigenvalue weighted by Gasteiger charge is -2.06. The van der Waals surface area contributed by atoms with Gasteiger partial charge >= 0.3 is 5.69 Å². The third-order valence-electron chi connectivity index (χ3n) is 2.74. The summed E-state index contributed by atoms with van der Waals surface area (Å²) in [5.41, 5.74) is 0.147. The van der Waals surface area contributed by atoms with Crippen molar-refractivity contribution in [1.29, 1.82) is 0 Å². The van der Waals surface area contributed by atoms with Gasteiger partial charge in [-0.2, -0.15) is 4.39 Å². The quantitative estimate of drug-likeness (QED) is 0.693. The molecule has 5 nitrogen and oxygen atoms in total. The van der Waals surface area contributed by atoms with Crippen LogP contribution in [0, 0.1) is 15.9 Å². The number of nitrogens with one attached hydrogen (secondary N) is 1. The first-order valence-electron chi connectivity index (χ1n) is 5.94. The molecule has 0 aromatic heterocycles. The molecule has 0 aliphatic heterocycles. The van der Waals surface area contributed by atoms with Gasteiger partial charge in [0.05, 0.1) is 11.3 Å². The lowest BCUT2D eigenvalue weighted by atomic mass is 10.1. The van der Waals surface area contributed by atoms with Crippen LogP contribution in [0.25, 0.3) is 0 Å². The molecule has 0 bridgehead atoms. The van der Waals surface area contributed by atoms with Crippen LogP contribution in [0.2, 0.25) is 5.02 Å². The van der Waals surface area contributed by atoms with Crippen molar-refractivity contribution in [2.45, 2.75) is 6.42 Å². The van der Waals surface area contributed by atoms with Gasteiger partial charge in [0.15, 0.2) is 0 Å². The van der Waals surface area contributed by atoms with Gasteiger partial charge in [-0.1, -0.05) is 29.8 Å². The number of halogens is 2. The minimum atomic E-state index is -1.00. The summed E-state index contributed by atoms with van der Waals surface area (Å²) in [4.78, 5) is 21.5. The second kappa shape index (κ2) is 6.32. The molecule has 0 saturated heterocycles. The average Bonchev–Trinajstić information content (AvgIpc) is 2.41. The summed E-state index contributed by atoms with van der Waals surface area (Å²) < 4.78 is 13.4. The van der Waals surface area contributed by atoms with Gasteiger partial charge in [-0.05, 0) is 17.7 Å². The molecule has 0 atom stereocenters. The van der Waals surface area contributed by atoms with Crippen molar-refractivity contribution < 1.29 is 14.1 Å². The van der Waals surface area contributed by atoms with Crippen molar-refractivity contribution in [3.05, 3.63) is 69.0 Å². The Morgan fingerprint density at radius 3 is 2.62 bits per heavy atom. The number of amides is 1. The smallest absolute Gasteiger partial charge is 0.304 e. The van der Waals surface area contributed by atoms with Crippen molar-refractivity contribution >= 4 is 28.9 Å². The minimum Gasteiger partial charge on any atom is -0.326 e. The maximum absolute atomic E-state index is 13.4. The molecule has 0 unspecified atom stereocenters.